The van der Waals surface area contributed by atoms with Crippen molar-refractivity contribution in [3.05, 3.63) is 236 Å². The van der Waals surface area contributed by atoms with Crippen LogP contribution in [0.5, 0.6) is 0 Å². The fourth-order valence-electron chi connectivity index (χ4n) is 13.3. The molecule has 0 bridgehead atoms. The SMILES string of the molecule is CCCCCCn1c(Nc2cccc(C(=O)NO)c2)nc2cc(Cl)c(Cl)cc21.CCCCCCn1c(Nc2cccc(C(=O)NO)c2)nc2cc(Cl)c(F)cc21.CNC(=O)c1cccc(Nc2nc3cc(-c4ccccc4)c(C(F)(F)F)cc3n2CCOC)c1.N#Cc1cc2nc(Nc3cccc(C(=O)NO)c3)n(CCCCCN)c2cc1C(F)(F)F. The molecule has 0 spiro atoms. The number of hydrogen-bond acceptors (Lipinski definition) is 18. The van der Waals surface area contributed by atoms with Crippen molar-refractivity contribution in [2.75, 3.05) is 48.6 Å². The van der Waals surface area contributed by atoms with Crippen molar-refractivity contribution in [3.63, 3.8) is 0 Å². The Kier molecular flexibility index (Phi) is 32.6. The number of aromatic nitrogens is 8. The first-order chi connectivity index (χ1) is 58.6. The number of nitrogens with one attached hydrogen (secondary N) is 8. The van der Waals surface area contributed by atoms with Crippen molar-refractivity contribution in [2.45, 2.75) is 123 Å². The second kappa shape index (κ2) is 43.2. The van der Waals surface area contributed by atoms with Crippen LogP contribution in [0.2, 0.25) is 15.1 Å². The van der Waals surface area contributed by atoms with Crippen molar-refractivity contribution in [3.8, 4) is 17.2 Å². The van der Waals surface area contributed by atoms with E-state index < -0.39 is 52.6 Å². The van der Waals surface area contributed by atoms with Gasteiger partial charge in [-0.25, -0.2) is 40.8 Å². The Bertz CT molecular complexity index is 5720. The number of methoxy groups -OCH3 is 1. The maximum atomic E-state index is 14.0. The molecule has 4 amide bonds. The molecule has 0 saturated carbocycles. The van der Waals surface area contributed by atoms with Crippen molar-refractivity contribution >= 4 is 149 Å². The van der Waals surface area contributed by atoms with Gasteiger partial charge in [-0.1, -0.05) is 148 Å². The summed E-state index contributed by atoms with van der Waals surface area (Å²) in [6, 6.07) is 47.6. The molecule has 0 atom stereocenters. The average molecular weight is 1740 g/mol. The summed E-state index contributed by atoms with van der Waals surface area (Å²) in [4.78, 5) is 65.2. The number of nitrogens with zero attached hydrogens (tertiary/aromatic N) is 9. The molecular weight excluding hydrogens is 1650 g/mol. The van der Waals surface area contributed by atoms with E-state index in [1.165, 1.54) is 50.9 Å². The van der Waals surface area contributed by atoms with E-state index in [4.69, 9.17) is 60.9 Å². The Balaban J connectivity index is 0.000000171. The van der Waals surface area contributed by atoms with Gasteiger partial charge in [-0.3, -0.25) is 34.8 Å². The molecule has 0 saturated heterocycles. The molecule has 0 fully saturated rings. The molecule has 0 aliphatic rings. The van der Waals surface area contributed by atoms with Crippen LogP contribution >= 0.6 is 34.8 Å². The van der Waals surface area contributed by atoms with E-state index in [0.29, 0.717) is 121 Å². The summed E-state index contributed by atoms with van der Waals surface area (Å²) in [5, 5.41) is 51.8. The summed E-state index contributed by atoms with van der Waals surface area (Å²) < 4.78 is 109. The number of halogens is 10. The lowest BCUT2D eigenvalue weighted by Crippen LogP contribution is -2.18. The van der Waals surface area contributed by atoms with Gasteiger partial charge in [-0.15, -0.1) is 0 Å². The molecule has 0 radical (unpaired) electrons. The monoisotopic (exact) mass is 1740 g/mol. The topological polar surface area (TPSA) is 356 Å². The third-order valence-electron chi connectivity index (χ3n) is 19.3. The molecule has 0 unspecified atom stereocenters. The number of fused-ring (bicyclic) bond motifs is 4. The summed E-state index contributed by atoms with van der Waals surface area (Å²) in [6.07, 6.45) is 1.73. The minimum absolute atomic E-state index is 0.0243. The van der Waals surface area contributed by atoms with Crippen LogP contribution in [0.1, 0.15) is 143 Å². The lowest BCUT2D eigenvalue weighted by molar-refractivity contribution is -0.138. The summed E-state index contributed by atoms with van der Waals surface area (Å²) in [7, 11) is 3.06. The number of amides is 4. The molecule has 26 nitrogen and oxygen atoms in total. The number of nitriles is 1. The highest BCUT2D eigenvalue weighted by Gasteiger charge is 2.37. The highest BCUT2D eigenvalue weighted by molar-refractivity contribution is 6.42. The maximum Gasteiger partial charge on any atom is 0.417 e. The smallest absolute Gasteiger partial charge is 0.383 e. The number of carbonyl (C=O) groups is 4. The first-order valence-corrected chi connectivity index (χ1v) is 39.9. The number of anilines is 8. The summed E-state index contributed by atoms with van der Waals surface area (Å²) in [6.45, 7) is 7.23. The summed E-state index contributed by atoms with van der Waals surface area (Å²) >= 11 is 18.3. The largest absolute Gasteiger partial charge is 0.417 e. The molecule has 122 heavy (non-hydrogen) atoms. The number of alkyl halides is 6. The number of benzene rings is 9. The van der Waals surface area contributed by atoms with Crippen LogP contribution in [0.25, 0.3) is 55.3 Å². The van der Waals surface area contributed by atoms with Gasteiger partial charge in [0.2, 0.25) is 23.8 Å². The fourth-order valence-corrected chi connectivity index (χ4v) is 13.7. The molecule has 13 N–H and O–H groups in total. The normalized spacial score (nSPS) is 11.3. The van der Waals surface area contributed by atoms with Crippen LogP contribution in [0.15, 0.2) is 176 Å². The molecule has 0 aliphatic heterocycles. The van der Waals surface area contributed by atoms with E-state index in [1.807, 2.05) is 16.7 Å². The number of ether oxygens (including phenoxy) is 1. The second-order valence-electron chi connectivity index (χ2n) is 27.8. The van der Waals surface area contributed by atoms with Gasteiger partial charge in [0.05, 0.1) is 88.6 Å². The fraction of sp³-hybridized carbons (Fsp3) is 0.267. The van der Waals surface area contributed by atoms with E-state index in [0.717, 1.165) is 93.6 Å². The lowest BCUT2D eigenvalue weighted by atomic mass is 9.98. The molecule has 13 rings (SSSR count). The molecule has 0 aliphatic carbocycles. The van der Waals surface area contributed by atoms with Crippen LogP contribution in [0, 0.1) is 17.1 Å². The highest BCUT2D eigenvalue weighted by Crippen LogP contribution is 2.42. The Morgan fingerprint density at radius 3 is 1.21 bits per heavy atom. The third-order valence-corrected chi connectivity index (χ3v) is 20.3. The van der Waals surface area contributed by atoms with Crippen molar-refractivity contribution in [2.24, 2.45) is 5.73 Å². The molecule has 13 aromatic rings. The molecule has 4 heterocycles. The van der Waals surface area contributed by atoms with Gasteiger partial charge in [-0.05, 0) is 159 Å². The predicted octanol–water partition coefficient (Wildman–Crippen LogP) is 20.4. The van der Waals surface area contributed by atoms with Crippen LogP contribution in [0.3, 0.4) is 0 Å². The average Bonchev–Trinajstić information content (AvgIpc) is 1.62. The number of hydroxylamine groups is 3. The Labute approximate surface area is 711 Å². The van der Waals surface area contributed by atoms with Crippen molar-refractivity contribution < 1.29 is 70.3 Å². The zero-order chi connectivity index (χ0) is 87.8. The van der Waals surface area contributed by atoms with Crippen molar-refractivity contribution in [1.82, 2.24) is 60.0 Å². The quantitative estimate of drug-likeness (QED) is 0.00831. The number of carbonyl (C=O) groups excluding carboxylic acids is 4. The predicted molar refractivity (Wildman–Crippen MR) is 457 cm³/mol. The van der Waals surface area contributed by atoms with Gasteiger partial charge >= 0.3 is 12.4 Å². The lowest BCUT2D eigenvalue weighted by Gasteiger charge is -2.15. The number of nitrogens with two attached hydrogens (primary N) is 1. The van der Waals surface area contributed by atoms with E-state index in [1.54, 1.807) is 147 Å². The number of rotatable bonds is 31. The number of aryl methyl sites for hydroxylation is 3. The molecule has 640 valence electrons. The van der Waals surface area contributed by atoms with Gasteiger partial charge in [0.25, 0.3) is 23.6 Å². The molecular formula is C86H88Cl3F7N18O8. The van der Waals surface area contributed by atoms with Crippen LogP contribution in [-0.2, 0) is 43.3 Å². The van der Waals surface area contributed by atoms with E-state index in [-0.39, 0.29) is 52.2 Å². The third kappa shape index (κ3) is 23.6. The minimum atomic E-state index is -4.69. The number of hydrogen-bond donors (Lipinski definition) is 12. The van der Waals surface area contributed by atoms with E-state index in [2.05, 4.69) is 64.9 Å². The molecule has 9 aromatic carbocycles. The minimum Gasteiger partial charge on any atom is -0.383 e. The van der Waals surface area contributed by atoms with Gasteiger partial charge in [0, 0.05) is 91.4 Å². The maximum absolute atomic E-state index is 14.0. The number of imidazole rings is 4. The summed E-state index contributed by atoms with van der Waals surface area (Å²) in [5.41, 5.74) is 16.3. The summed E-state index contributed by atoms with van der Waals surface area (Å²) in [5.74, 6) is -0.841. The zero-order valence-electron chi connectivity index (χ0n) is 66.5. The Morgan fingerprint density at radius 1 is 0.451 bits per heavy atom. The number of unbranched alkanes of at least 4 members (excludes halogenated alkanes) is 8. The van der Waals surface area contributed by atoms with Gasteiger partial charge in [-0.2, -0.15) is 31.6 Å². The molecule has 36 heteroatoms. The van der Waals surface area contributed by atoms with Gasteiger partial charge < -0.3 is 55.3 Å². The zero-order valence-corrected chi connectivity index (χ0v) is 68.8. The van der Waals surface area contributed by atoms with Gasteiger partial charge in [0.1, 0.15) is 5.82 Å². The second-order valence-corrected chi connectivity index (χ2v) is 29.0. The Hall–Kier alpha value is -12.4. The molecule has 4 aromatic heterocycles. The first-order valence-electron chi connectivity index (χ1n) is 38.8. The van der Waals surface area contributed by atoms with Crippen molar-refractivity contribution in [1.29, 1.82) is 5.26 Å². The van der Waals surface area contributed by atoms with E-state index >= 15 is 0 Å². The first kappa shape index (κ1) is 91.9. The Morgan fingerprint density at radius 2 is 0.820 bits per heavy atom. The standard InChI is InChI=1S/C25H23F3N4O2.C21H21F3N6O2.C20H22Cl2N4O2.C20H22ClFN4O2/c1-29-23(33)17-9-6-10-18(13-17)30-24-31-21-14-19(16-7-4-3-5-8-16)20(25(26,27)28)15-22(21)32(24)11-12-34-2;22-21(23,24)16-11-18-17(10-14(16)12-26)28-20(30(18)8-3-1-2-7-25)27-15-6-4-5-13(9-15)19(31)29-32;2*1-2-3-4-5-9-26-18-12-16(22)15(21)11-17(18)24-20(26)23-14-8-6-7-13(10-14)19(27)25-28/h3-10,13-15H,11-12H2,1-2H3,(H,29,33)(H,30,31);4-6,9-11,32H,1-3,7-8,25H2,(H,27,28)(H,29,31);2*6-8,10-12,28H,2-5,9H2,1H3,(H,23,24)(H,25,27). The van der Waals surface area contributed by atoms with Gasteiger partial charge in [0.15, 0.2) is 0 Å². The van der Waals surface area contributed by atoms with E-state index in [9.17, 15) is 55.2 Å². The van der Waals surface area contributed by atoms with Crippen LogP contribution in [-0.4, -0.2) is 105 Å². The van der Waals surface area contributed by atoms with Crippen LogP contribution < -0.4 is 48.8 Å². The van der Waals surface area contributed by atoms with Crippen LogP contribution in [0.4, 0.5) is 77.3 Å². The highest BCUT2D eigenvalue weighted by atomic mass is 35.5.